The molecule has 4 rings (SSSR count). The minimum atomic E-state index is -1.04. The van der Waals surface area contributed by atoms with E-state index in [1.807, 2.05) is 0 Å². The summed E-state index contributed by atoms with van der Waals surface area (Å²) >= 11 is 0. The topological polar surface area (TPSA) is 66.4 Å². The standard InChI is InChI=1S/C20H12FNO3/c21-12-6-7-18-15(10-12)16(19(23)22-18)8-11-9-17(20(24)25)14-5-3-1-2-4-13(11)14/h1-10H,(H,22,23)(H,24,25). The zero-order valence-electron chi connectivity index (χ0n) is 12.9. The van der Waals surface area contributed by atoms with E-state index in [0.717, 1.165) is 0 Å². The molecule has 1 amide bonds. The van der Waals surface area contributed by atoms with Crippen molar-refractivity contribution in [2.75, 3.05) is 5.32 Å². The van der Waals surface area contributed by atoms with E-state index in [9.17, 15) is 19.1 Å². The lowest BCUT2D eigenvalue weighted by molar-refractivity contribution is -0.110. The molecule has 0 atom stereocenters. The van der Waals surface area contributed by atoms with Crippen LogP contribution in [0.25, 0.3) is 22.8 Å². The summed E-state index contributed by atoms with van der Waals surface area (Å²) in [6, 6.07) is 14.5. The average molecular weight is 333 g/mol. The number of carboxylic acids is 1. The van der Waals surface area contributed by atoms with Gasteiger partial charge < -0.3 is 10.4 Å². The number of hydrogen-bond donors (Lipinski definition) is 2. The fourth-order valence-corrected chi connectivity index (χ4v) is 3.10. The molecule has 1 aliphatic heterocycles. The maximum atomic E-state index is 13.6. The van der Waals surface area contributed by atoms with E-state index < -0.39 is 11.8 Å². The molecule has 0 saturated carbocycles. The second kappa shape index (κ2) is 5.56. The fourth-order valence-electron chi connectivity index (χ4n) is 3.10. The van der Waals surface area contributed by atoms with Crippen molar-refractivity contribution >= 4 is 29.2 Å². The maximum absolute atomic E-state index is 13.6. The van der Waals surface area contributed by atoms with Gasteiger partial charge in [-0.2, -0.15) is 0 Å². The largest absolute Gasteiger partial charge is 0.478 e. The smallest absolute Gasteiger partial charge is 0.336 e. The molecule has 1 aromatic rings. The number of aromatic carboxylic acids is 1. The molecule has 0 radical (unpaired) electrons. The third-order valence-corrected chi connectivity index (χ3v) is 4.23. The van der Waals surface area contributed by atoms with Crippen molar-refractivity contribution in [1.82, 2.24) is 0 Å². The number of nitrogens with one attached hydrogen (secondary N) is 1. The number of fused-ring (bicyclic) bond motifs is 2. The molecule has 2 aliphatic carbocycles. The number of benzene rings is 1. The van der Waals surface area contributed by atoms with Crippen LogP contribution in [0.15, 0.2) is 54.6 Å². The van der Waals surface area contributed by atoms with Crippen LogP contribution in [0.4, 0.5) is 10.1 Å². The van der Waals surface area contributed by atoms with Crippen LogP contribution in [0.3, 0.4) is 0 Å². The summed E-state index contributed by atoms with van der Waals surface area (Å²) < 4.78 is 13.6. The number of halogens is 1. The van der Waals surface area contributed by atoms with Gasteiger partial charge in [0.25, 0.3) is 5.91 Å². The number of amides is 1. The molecule has 25 heavy (non-hydrogen) atoms. The highest BCUT2D eigenvalue weighted by Crippen LogP contribution is 2.38. The molecule has 0 spiro atoms. The van der Waals surface area contributed by atoms with E-state index in [0.29, 0.717) is 33.5 Å². The van der Waals surface area contributed by atoms with Crippen LogP contribution in [-0.4, -0.2) is 17.0 Å². The predicted octanol–water partition coefficient (Wildman–Crippen LogP) is 4.12. The molecule has 0 bridgehead atoms. The Morgan fingerprint density at radius 1 is 1.00 bits per heavy atom. The number of rotatable bonds is 2. The SMILES string of the molecule is O=C1Nc2ccc(F)cc2C1=Cc1cc(C(=O)O)c2cccccc1-2. The van der Waals surface area contributed by atoms with Crippen molar-refractivity contribution in [3.05, 3.63) is 77.1 Å². The molecule has 1 aromatic carbocycles. The monoisotopic (exact) mass is 333 g/mol. The van der Waals surface area contributed by atoms with Crippen molar-refractivity contribution in [1.29, 1.82) is 0 Å². The van der Waals surface area contributed by atoms with Crippen LogP contribution < -0.4 is 5.32 Å². The van der Waals surface area contributed by atoms with Crippen LogP contribution in [-0.2, 0) is 4.79 Å². The summed E-state index contributed by atoms with van der Waals surface area (Å²) in [6.45, 7) is 0. The van der Waals surface area contributed by atoms with Crippen LogP contribution >= 0.6 is 0 Å². The molecule has 3 aliphatic rings. The lowest BCUT2D eigenvalue weighted by Gasteiger charge is -2.00. The van der Waals surface area contributed by atoms with Crippen molar-refractivity contribution in [2.45, 2.75) is 0 Å². The van der Waals surface area contributed by atoms with Gasteiger partial charge in [0.05, 0.1) is 5.56 Å². The third kappa shape index (κ3) is 2.46. The van der Waals surface area contributed by atoms with Gasteiger partial charge in [-0.3, -0.25) is 4.79 Å². The summed E-state index contributed by atoms with van der Waals surface area (Å²) in [7, 11) is 0. The van der Waals surface area contributed by atoms with Gasteiger partial charge in [0.2, 0.25) is 0 Å². The van der Waals surface area contributed by atoms with Crippen molar-refractivity contribution in [2.24, 2.45) is 0 Å². The zero-order valence-corrected chi connectivity index (χ0v) is 12.9. The molecule has 0 aromatic heterocycles. The first-order valence-corrected chi connectivity index (χ1v) is 7.62. The Morgan fingerprint density at radius 3 is 2.52 bits per heavy atom. The second-order valence-electron chi connectivity index (χ2n) is 5.76. The molecule has 5 heteroatoms. The van der Waals surface area contributed by atoms with Crippen LogP contribution in [0, 0.1) is 5.82 Å². The molecular formula is C20H12FNO3. The van der Waals surface area contributed by atoms with Gasteiger partial charge >= 0.3 is 5.97 Å². The Bertz CT molecular complexity index is 1040. The summed E-state index contributed by atoms with van der Waals surface area (Å²) in [5.41, 5.74) is 3.38. The molecule has 4 nitrogen and oxygen atoms in total. The summed E-state index contributed by atoms with van der Waals surface area (Å²) in [5.74, 6) is -1.82. The number of carbonyl (C=O) groups excluding carboxylic acids is 1. The van der Waals surface area contributed by atoms with Crippen molar-refractivity contribution in [3.63, 3.8) is 0 Å². The van der Waals surface area contributed by atoms with Crippen LogP contribution in [0.2, 0.25) is 0 Å². The van der Waals surface area contributed by atoms with Gasteiger partial charge in [-0.25, -0.2) is 9.18 Å². The highest BCUT2D eigenvalue weighted by Gasteiger charge is 2.26. The second-order valence-corrected chi connectivity index (χ2v) is 5.76. The predicted molar refractivity (Wildman–Crippen MR) is 92.9 cm³/mol. The molecule has 0 saturated heterocycles. The van der Waals surface area contributed by atoms with Crippen molar-refractivity contribution < 1.29 is 19.1 Å². The molecule has 2 N–H and O–H groups in total. The average Bonchev–Trinajstić information content (AvgIpc) is 2.94. The number of anilines is 1. The van der Waals surface area contributed by atoms with Gasteiger partial charge in [0.15, 0.2) is 0 Å². The van der Waals surface area contributed by atoms with E-state index in [-0.39, 0.29) is 11.5 Å². The summed E-state index contributed by atoms with van der Waals surface area (Å²) in [4.78, 5) is 23.8. The van der Waals surface area contributed by atoms with Gasteiger partial charge in [0.1, 0.15) is 5.82 Å². The van der Waals surface area contributed by atoms with Gasteiger partial charge in [-0.1, -0.05) is 30.3 Å². The highest BCUT2D eigenvalue weighted by molar-refractivity contribution is 6.35. The Kier molecular flexibility index (Phi) is 3.35. The number of carboxylic acid groups (broad SMARTS) is 1. The van der Waals surface area contributed by atoms with E-state index in [2.05, 4.69) is 5.32 Å². The maximum Gasteiger partial charge on any atom is 0.336 e. The lowest BCUT2D eigenvalue weighted by Crippen LogP contribution is -2.03. The van der Waals surface area contributed by atoms with Crippen LogP contribution in [0.1, 0.15) is 21.5 Å². The molecule has 122 valence electrons. The first kappa shape index (κ1) is 15.1. The van der Waals surface area contributed by atoms with Gasteiger partial charge in [0, 0.05) is 16.8 Å². The van der Waals surface area contributed by atoms with E-state index in [4.69, 9.17) is 0 Å². The quantitative estimate of drug-likeness (QED) is 0.693. The van der Waals surface area contributed by atoms with Crippen molar-refractivity contribution in [3.8, 4) is 11.1 Å². The fraction of sp³-hybridized carbons (Fsp3) is 0. The van der Waals surface area contributed by atoms with Gasteiger partial charge in [-0.05, 0) is 47.0 Å². The van der Waals surface area contributed by atoms with Crippen LogP contribution in [0.5, 0.6) is 0 Å². The molecular weight excluding hydrogens is 321 g/mol. The Labute approximate surface area is 142 Å². The molecule has 0 fully saturated rings. The van der Waals surface area contributed by atoms with E-state index >= 15 is 0 Å². The number of hydrogen-bond acceptors (Lipinski definition) is 2. The third-order valence-electron chi connectivity index (χ3n) is 4.23. The Hall–Kier alpha value is -3.47. The summed E-state index contributed by atoms with van der Waals surface area (Å²) in [6.07, 6.45) is 1.61. The Balaban J connectivity index is 1.93. The van der Waals surface area contributed by atoms with Gasteiger partial charge in [-0.15, -0.1) is 0 Å². The van der Waals surface area contributed by atoms with E-state index in [1.165, 1.54) is 24.3 Å². The normalized spacial score (nSPS) is 14.6. The molecule has 0 unspecified atom stereocenters. The number of carbonyl (C=O) groups is 2. The van der Waals surface area contributed by atoms with E-state index in [1.54, 1.807) is 36.4 Å². The minimum absolute atomic E-state index is 0.163. The minimum Gasteiger partial charge on any atom is -0.478 e. The zero-order chi connectivity index (χ0) is 17.6. The first-order chi connectivity index (χ1) is 12.0. The first-order valence-electron chi connectivity index (χ1n) is 7.62. The lowest BCUT2D eigenvalue weighted by atomic mass is 10.0. The highest BCUT2D eigenvalue weighted by atomic mass is 19.1. The Morgan fingerprint density at radius 2 is 1.76 bits per heavy atom. The molecule has 1 heterocycles. The summed E-state index contributed by atoms with van der Waals surface area (Å²) in [5, 5.41) is 12.1.